The highest BCUT2D eigenvalue weighted by atomic mass is 16.3. The minimum Gasteiger partial charge on any atom is -0.393 e. The minimum atomic E-state index is -0.797. The van der Waals surface area contributed by atoms with Gasteiger partial charge in [-0.1, -0.05) is 20.8 Å². The number of hydrogen-bond acceptors (Lipinski definition) is 3. The van der Waals surface area contributed by atoms with Crippen molar-refractivity contribution in [3.05, 3.63) is 0 Å². The monoisotopic (exact) mass is 238 g/mol. The van der Waals surface area contributed by atoms with Crippen LogP contribution in [0.3, 0.4) is 0 Å². The van der Waals surface area contributed by atoms with Crippen LogP contribution in [0.5, 0.6) is 0 Å². The van der Waals surface area contributed by atoms with Crippen LogP contribution in [0.15, 0.2) is 0 Å². The second-order valence-electron chi connectivity index (χ2n) is 6.50. The van der Waals surface area contributed by atoms with Gasteiger partial charge in [-0.2, -0.15) is 0 Å². The third kappa shape index (κ3) is 0.957. The van der Waals surface area contributed by atoms with Gasteiger partial charge in [-0.25, -0.2) is 4.79 Å². The lowest BCUT2D eigenvalue weighted by Crippen LogP contribution is -2.54. The van der Waals surface area contributed by atoms with Gasteiger partial charge in [0.05, 0.1) is 6.10 Å². The zero-order chi connectivity index (χ0) is 12.6. The molecule has 2 saturated carbocycles. The summed E-state index contributed by atoms with van der Waals surface area (Å²) in [6.07, 6.45) is 0.714. The standard InChI is InChI=1S/C12H18N2O3/c1-10(2)6-4-7(15)11(10,3)5-12(6)8(16)13-9(17)14-12/h6-7,15H,4-5H2,1-3H3,(H2,13,14,16,17)/t6-,7+,11-,12+/m1/s1. The minimum absolute atomic E-state index is 0.00134. The average molecular weight is 238 g/mol. The number of aliphatic hydroxyl groups excluding tert-OH is 1. The first-order chi connectivity index (χ1) is 7.74. The Kier molecular flexibility index (Phi) is 1.72. The Morgan fingerprint density at radius 3 is 2.29 bits per heavy atom. The SMILES string of the molecule is CC1(C)[C@H]2C[C@H](O)[C@@]1(C)C[C@]21NC(=O)NC1=O. The van der Waals surface area contributed by atoms with Gasteiger partial charge < -0.3 is 10.4 Å². The maximum Gasteiger partial charge on any atom is 0.322 e. The van der Waals surface area contributed by atoms with Gasteiger partial charge in [-0.3, -0.25) is 10.1 Å². The van der Waals surface area contributed by atoms with Crippen LogP contribution in [-0.4, -0.2) is 28.7 Å². The predicted octanol–water partition coefficient (Wildman–Crippen LogP) is 0.382. The number of hydrogen-bond donors (Lipinski definition) is 3. The Morgan fingerprint density at radius 2 is 1.94 bits per heavy atom. The van der Waals surface area contributed by atoms with Gasteiger partial charge in [-0.15, -0.1) is 0 Å². The molecule has 94 valence electrons. The van der Waals surface area contributed by atoms with Crippen LogP contribution in [0, 0.1) is 16.7 Å². The summed E-state index contributed by atoms with van der Waals surface area (Å²) in [5.74, 6) is -0.224. The van der Waals surface area contributed by atoms with E-state index in [2.05, 4.69) is 24.5 Å². The second kappa shape index (κ2) is 2.66. The third-order valence-electron chi connectivity index (χ3n) is 5.75. The van der Waals surface area contributed by atoms with Crippen molar-refractivity contribution in [3.8, 4) is 0 Å². The molecule has 2 bridgehead atoms. The van der Waals surface area contributed by atoms with Crippen LogP contribution < -0.4 is 10.6 Å². The number of amides is 3. The van der Waals surface area contributed by atoms with E-state index in [1.807, 2.05) is 6.92 Å². The van der Waals surface area contributed by atoms with Gasteiger partial charge in [0.25, 0.3) is 5.91 Å². The molecule has 3 aliphatic rings. The predicted molar refractivity (Wildman–Crippen MR) is 60.0 cm³/mol. The number of imide groups is 1. The van der Waals surface area contributed by atoms with E-state index in [9.17, 15) is 14.7 Å². The van der Waals surface area contributed by atoms with Gasteiger partial charge in [0.15, 0.2) is 0 Å². The van der Waals surface area contributed by atoms with Crippen molar-refractivity contribution in [3.63, 3.8) is 0 Å². The normalized spacial score (nSPS) is 50.8. The summed E-state index contributed by atoms with van der Waals surface area (Å²) in [5.41, 5.74) is -1.26. The van der Waals surface area contributed by atoms with Crippen molar-refractivity contribution < 1.29 is 14.7 Å². The molecule has 1 spiro atoms. The number of urea groups is 1. The number of rotatable bonds is 0. The lowest BCUT2D eigenvalue weighted by atomic mass is 9.70. The van der Waals surface area contributed by atoms with Gasteiger partial charge in [0.2, 0.25) is 0 Å². The molecule has 3 amide bonds. The topological polar surface area (TPSA) is 78.4 Å². The highest BCUT2D eigenvalue weighted by Crippen LogP contribution is 2.69. The fourth-order valence-electron chi connectivity index (χ4n) is 4.35. The summed E-state index contributed by atoms with van der Waals surface area (Å²) in [6, 6.07) is -0.406. The summed E-state index contributed by atoms with van der Waals surface area (Å²) in [7, 11) is 0. The maximum atomic E-state index is 12.1. The highest BCUT2D eigenvalue weighted by Gasteiger charge is 2.74. The van der Waals surface area contributed by atoms with E-state index < -0.39 is 17.7 Å². The summed E-state index contributed by atoms with van der Waals surface area (Å²) in [6.45, 7) is 6.19. The molecule has 5 nitrogen and oxygen atoms in total. The van der Waals surface area contributed by atoms with Crippen LogP contribution in [0.4, 0.5) is 4.79 Å². The molecule has 0 unspecified atom stereocenters. The van der Waals surface area contributed by atoms with Crippen LogP contribution in [0.25, 0.3) is 0 Å². The molecule has 17 heavy (non-hydrogen) atoms. The molecule has 0 aromatic heterocycles. The van der Waals surface area contributed by atoms with Gasteiger partial charge in [0.1, 0.15) is 5.54 Å². The van der Waals surface area contributed by atoms with E-state index in [0.717, 1.165) is 0 Å². The number of nitrogens with one attached hydrogen (secondary N) is 2. The van der Waals surface area contributed by atoms with Crippen molar-refractivity contribution in [1.29, 1.82) is 0 Å². The highest BCUT2D eigenvalue weighted by molar-refractivity contribution is 6.07. The molecule has 3 fully saturated rings. The lowest BCUT2D eigenvalue weighted by Gasteiger charge is -2.37. The lowest BCUT2D eigenvalue weighted by molar-refractivity contribution is -0.127. The molecule has 3 N–H and O–H groups in total. The summed E-state index contributed by atoms with van der Waals surface area (Å²) in [5, 5.41) is 15.3. The van der Waals surface area contributed by atoms with Crippen molar-refractivity contribution >= 4 is 11.9 Å². The summed E-state index contributed by atoms with van der Waals surface area (Å²) < 4.78 is 0. The first-order valence-corrected chi connectivity index (χ1v) is 6.06. The fourth-order valence-corrected chi connectivity index (χ4v) is 4.35. The summed E-state index contributed by atoms with van der Waals surface area (Å²) >= 11 is 0. The maximum absolute atomic E-state index is 12.1. The Balaban J connectivity index is 2.10. The van der Waals surface area contributed by atoms with Crippen molar-refractivity contribution in [2.45, 2.75) is 45.3 Å². The van der Waals surface area contributed by atoms with Crippen LogP contribution in [0.2, 0.25) is 0 Å². The summed E-state index contributed by atoms with van der Waals surface area (Å²) in [4.78, 5) is 23.4. The van der Waals surface area contributed by atoms with E-state index in [0.29, 0.717) is 12.8 Å². The zero-order valence-electron chi connectivity index (χ0n) is 10.3. The second-order valence-corrected chi connectivity index (χ2v) is 6.50. The number of aliphatic hydroxyl groups is 1. The molecule has 5 heteroatoms. The largest absolute Gasteiger partial charge is 0.393 e. The van der Waals surface area contributed by atoms with Gasteiger partial charge in [-0.05, 0) is 24.2 Å². The first-order valence-electron chi connectivity index (χ1n) is 6.06. The van der Waals surface area contributed by atoms with E-state index in [1.54, 1.807) is 0 Å². The molecule has 1 heterocycles. The Morgan fingerprint density at radius 1 is 1.29 bits per heavy atom. The molecular formula is C12H18N2O3. The molecule has 0 aromatic rings. The van der Waals surface area contributed by atoms with E-state index in [1.165, 1.54) is 0 Å². The molecule has 2 aliphatic carbocycles. The van der Waals surface area contributed by atoms with Crippen LogP contribution >= 0.6 is 0 Å². The fraction of sp³-hybridized carbons (Fsp3) is 0.833. The Bertz CT molecular complexity index is 433. The van der Waals surface area contributed by atoms with E-state index >= 15 is 0 Å². The molecule has 1 aliphatic heterocycles. The first kappa shape index (κ1) is 11.0. The third-order valence-corrected chi connectivity index (χ3v) is 5.75. The Labute approximate surface area is 100.0 Å². The van der Waals surface area contributed by atoms with Crippen LogP contribution in [-0.2, 0) is 4.79 Å². The van der Waals surface area contributed by atoms with E-state index in [-0.39, 0.29) is 22.7 Å². The van der Waals surface area contributed by atoms with Gasteiger partial charge in [0, 0.05) is 5.41 Å². The smallest absolute Gasteiger partial charge is 0.322 e. The van der Waals surface area contributed by atoms with Crippen molar-refractivity contribution in [2.75, 3.05) is 0 Å². The van der Waals surface area contributed by atoms with Gasteiger partial charge >= 0.3 is 6.03 Å². The van der Waals surface area contributed by atoms with E-state index in [4.69, 9.17) is 0 Å². The molecule has 0 aromatic carbocycles. The van der Waals surface area contributed by atoms with Crippen molar-refractivity contribution in [2.24, 2.45) is 16.7 Å². The molecule has 4 atom stereocenters. The van der Waals surface area contributed by atoms with Crippen molar-refractivity contribution in [1.82, 2.24) is 10.6 Å². The Hall–Kier alpha value is -1.10. The quantitative estimate of drug-likeness (QED) is 0.534. The molecule has 0 radical (unpaired) electrons. The molecule has 1 saturated heterocycles. The number of carbonyl (C=O) groups excluding carboxylic acids is 2. The zero-order valence-corrected chi connectivity index (χ0v) is 10.3. The number of fused-ring (bicyclic) bond motifs is 3. The molecule has 3 rings (SSSR count). The number of carbonyl (C=O) groups is 2. The average Bonchev–Trinajstić information content (AvgIpc) is 2.61. The molecular weight excluding hydrogens is 220 g/mol. The van der Waals surface area contributed by atoms with Crippen LogP contribution in [0.1, 0.15) is 33.6 Å².